The Morgan fingerprint density at radius 2 is 1.25 bits per heavy atom. The molecular weight excluding hydrogens is 244 g/mol. The van der Waals surface area contributed by atoms with E-state index in [2.05, 4.69) is 43.4 Å². The van der Waals surface area contributed by atoms with Crippen LogP contribution in [0.3, 0.4) is 0 Å². The van der Waals surface area contributed by atoms with E-state index in [1.807, 2.05) is 6.92 Å². The molecule has 0 saturated heterocycles. The molecule has 116 valence electrons. The molecule has 0 amide bonds. The first kappa shape index (κ1) is 19.2. The van der Waals surface area contributed by atoms with Crippen LogP contribution in [0.15, 0.2) is 36.5 Å². The molecule has 1 atom stereocenters. The van der Waals surface area contributed by atoms with E-state index in [4.69, 9.17) is 5.11 Å². The van der Waals surface area contributed by atoms with E-state index in [0.29, 0.717) is 0 Å². The van der Waals surface area contributed by atoms with Crippen LogP contribution in [0.5, 0.6) is 0 Å². The minimum atomic E-state index is -0.142. The second-order valence-electron chi connectivity index (χ2n) is 5.51. The number of aliphatic hydroxyl groups is 1. The Morgan fingerprint density at radius 1 is 0.750 bits per heavy atom. The second kappa shape index (κ2) is 16.2. The molecule has 0 saturated carbocycles. The summed E-state index contributed by atoms with van der Waals surface area (Å²) in [5, 5.41) is 9.12. The highest BCUT2D eigenvalue weighted by molar-refractivity contribution is 4.97. The molecule has 1 heteroatoms. The molecule has 0 aliphatic carbocycles. The average molecular weight is 278 g/mol. The van der Waals surface area contributed by atoms with Crippen molar-refractivity contribution in [2.24, 2.45) is 0 Å². The van der Waals surface area contributed by atoms with Gasteiger partial charge in [-0.1, -0.05) is 62.6 Å². The molecule has 1 unspecified atom stereocenters. The van der Waals surface area contributed by atoms with Gasteiger partial charge in [0.2, 0.25) is 0 Å². The van der Waals surface area contributed by atoms with E-state index in [1.54, 1.807) is 0 Å². The van der Waals surface area contributed by atoms with E-state index >= 15 is 0 Å². The Labute approximate surface area is 126 Å². The molecule has 1 nitrogen and oxygen atoms in total. The largest absolute Gasteiger partial charge is 0.393 e. The van der Waals surface area contributed by atoms with Crippen molar-refractivity contribution in [2.75, 3.05) is 0 Å². The first-order chi connectivity index (χ1) is 9.77. The summed E-state index contributed by atoms with van der Waals surface area (Å²) in [4.78, 5) is 0. The van der Waals surface area contributed by atoms with Crippen LogP contribution in [0.25, 0.3) is 0 Å². The van der Waals surface area contributed by atoms with Gasteiger partial charge in [-0.3, -0.25) is 0 Å². The van der Waals surface area contributed by atoms with Gasteiger partial charge in [-0.05, 0) is 51.9 Å². The number of allylic oxidation sites excluding steroid dienone is 6. The molecule has 1 N–H and O–H groups in total. The predicted molar refractivity (Wildman–Crippen MR) is 90.9 cm³/mol. The van der Waals surface area contributed by atoms with Gasteiger partial charge in [0, 0.05) is 0 Å². The van der Waals surface area contributed by atoms with Crippen LogP contribution in [0.4, 0.5) is 0 Å². The number of hydrogen-bond donors (Lipinski definition) is 1. The van der Waals surface area contributed by atoms with Crippen molar-refractivity contribution in [1.29, 1.82) is 0 Å². The van der Waals surface area contributed by atoms with Crippen LogP contribution in [-0.4, -0.2) is 11.2 Å². The molecule has 0 aromatic heterocycles. The van der Waals surface area contributed by atoms with Crippen LogP contribution in [0.1, 0.15) is 78.1 Å². The van der Waals surface area contributed by atoms with Crippen molar-refractivity contribution in [3.63, 3.8) is 0 Å². The molecule has 0 aliphatic rings. The number of unbranched alkanes of at least 4 members (excludes halogenated alkanes) is 5. The van der Waals surface area contributed by atoms with Crippen molar-refractivity contribution in [3.05, 3.63) is 36.5 Å². The van der Waals surface area contributed by atoms with E-state index < -0.39 is 0 Å². The molecular formula is C19H34O. The third-order valence-corrected chi connectivity index (χ3v) is 3.26. The minimum absolute atomic E-state index is 0.142. The normalized spacial score (nSPS) is 13.9. The smallest absolute Gasteiger partial charge is 0.0512 e. The fraction of sp³-hybridized carbons (Fsp3) is 0.684. The Balaban J connectivity index is 3.30. The second-order valence-corrected chi connectivity index (χ2v) is 5.51. The zero-order valence-electron chi connectivity index (χ0n) is 13.6. The highest BCUT2D eigenvalue weighted by atomic mass is 16.3. The Kier molecular flexibility index (Phi) is 15.6. The summed E-state index contributed by atoms with van der Waals surface area (Å²) >= 11 is 0. The summed E-state index contributed by atoms with van der Waals surface area (Å²) in [6, 6.07) is 0. The van der Waals surface area contributed by atoms with Gasteiger partial charge >= 0.3 is 0 Å². The maximum absolute atomic E-state index is 9.12. The molecule has 0 aromatic rings. The molecule has 0 heterocycles. The quantitative estimate of drug-likeness (QED) is 0.326. The molecule has 0 bridgehead atoms. The van der Waals surface area contributed by atoms with Gasteiger partial charge in [0.25, 0.3) is 0 Å². The first-order valence-corrected chi connectivity index (χ1v) is 8.40. The first-order valence-electron chi connectivity index (χ1n) is 8.40. The van der Waals surface area contributed by atoms with E-state index in [1.165, 1.54) is 32.1 Å². The van der Waals surface area contributed by atoms with Gasteiger partial charge in [0.05, 0.1) is 6.10 Å². The van der Waals surface area contributed by atoms with Crippen LogP contribution in [0, 0.1) is 0 Å². The standard InChI is InChI=1S/C19H34O/c1-3-4-5-6-7-8-9-10-11-12-13-14-15-16-17-18-19(2)20/h7-8,10-11,13-14,19-20H,3-6,9,12,15-18H2,1-2H3/b8-7+,11-10+,14-13+. The summed E-state index contributed by atoms with van der Waals surface area (Å²) in [6.45, 7) is 4.10. The Bertz CT molecular complexity index is 261. The van der Waals surface area contributed by atoms with Gasteiger partial charge in [0.15, 0.2) is 0 Å². The van der Waals surface area contributed by atoms with Gasteiger partial charge in [-0.2, -0.15) is 0 Å². The summed E-state index contributed by atoms with van der Waals surface area (Å²) in [5.41, 5.74) is 0. The zero-order chi connectivity index (χ0) is 14.9. The van der Waals surface area contributed by atoms with Crippen LogP contribution in [-0.2, 0) is 0 Å². The lowest BCUT2D eigenvalue weighted by Gasteiger charge is -2.00. The van der Waals surface area contributed by atoms with E-state index in [0.717, 1.165) is 32.1 Å². The van der Waals surface area contributed by atoms with Gasteiger partial charge in [-0.15, -0.1) is 0 Å². The van der Waals surface area contributed by atoms with Gasteiger partial charge < -0.3 is 5.11 Å². The summed E-state index contributed by atoms with van der Waals surface area (Å²) in [5.74, 6) is 0. The minimum Gasteiger partial charge on any atom is -0.393 e. The lowest BCUT2D eigenvalue weighted by atomic mass is 10.1. The van der Waals surface area contributed by atoms with Crippen LogP contribution >= 0.6 is 0 Å². The third kappa shape index (κ3) is 17.2. The van der Waals surface area contributed by atoms with Crippen molar-refractivity contribution >= 4 is 0 Å². The molecule has 20 heavy (non-hydrogen) atoms. The van der Waals surface area contributed by atoms with Gasteiger partial charge in [0.1, 0.15) is 0 Å². The van der Waals surface area contributed by atoms with E-state index in [-0.39, 0.29) is 6.10 Å². The fourth-order valence-corrected chi connectivity index (χ4v) is 1.99. The maximum atomic E-state index is 9.12. The lowest BCUT2D eigenvalue weighted by molar-refractivity contribution is 0.181. The topological polar surface area (TPSA) is 20.2 Å². The lowest BCUT2D eigenvalue weighted by Crippen LogP contribution is -1.97. The van der Waals surface area contributed by atoms with Crippen molar-refractivity contribution < 1.29 is 5.11 Å². The molecule has 0 spiro atoms. The SMILES string of the molecule is CCCCC/C=C/C/C=C/C/C=C/CCCCC(C)O. The zero-order valence-corrected chi connectivity index (χ0v) is 13.6. The summed E-state index contributed by atoms with van der Waals surface area (Å²) < 4.78 is 0. The molecule has 0 aromatic carbocycles. The van der Waals surface area contributed by atoms with Gasteiger partial charge in [-0.25, -0.2) is 0 Å². The monoisotopic (exact) mass is 278 g/mol. The highest BCUT2D eigenvalue weighted by Gasteiger charge is 1.93. The number of aliphatic hydroxyl groups excluding tert-OH is 1. The molecule has 0 fully saturated rings. The Hall–Kier alpha value is -0.820. The van der Waals surface area contributed by atoms with E-state index in [9.17, 15) is 0 Å². The molecule has 0 aliphatic heterocycles. The molecule has 0 radical (unpaired) electrons. The van der Waals surface area contributed by atoms with Crippen LogP contribution < -0.4 is 0 Å². The van der Waals surface area contributed by atoms with Crippen molar-refractivity contribution in [2.45, 2.75) is 84.2 Å². The van der Waals surface area contributed by atoms with Crippen molar-refractivity contribution in [3.8, 4) is 0 Å². The Morgan fingerprint density at radius 3 is 1.75 bits per heavy atom. The maximum Gasteiger partial charge on any atom is 0.0512 e. The molecule has 0 rings (SSSR count). The van der Waals surface area contributed by atoms with Crippen LogP contribution in [0.2, 0.25) is 0 Å². The highest BCUT2D eigenvalue weighted by Crippen LogP contribution is 2.04. The predicted octanol–water partition coefficient (Wildman–Crippen LogP) is 5.96. The average Bonchev–Trinajstić information content (AvgIpc) is 2.43. The van der Waals surface area contributed by atoms with Crippen molar-refractivity contribution in [1.82, 2.24) is 0 Å². The number of rotatable bonds is 13. The summed E-state index contributed by atoms with van der Waals surface area (Å²) in [6.07, 6.45) is 25.1. The fourth-order valence-electron chi connectivity index (χ4n) is 1.99. The summed E-state index contributed by atoms with van der Waals surface area (Å²) in [7, 11) is 0. The third-order valence-electron chi connectivity index (χ3n) is 3.26. The number of hydrogen-bond acceptors (Lipinski definition) is 1.